The fraction of sp³-hybridized carbons (Fsp3) is 0.833. The fourth-order valence-electron chi connectivity index (χ4n) is 0.682. The zero-order valence-corrected chi connectivity index (χ0v) is 12.1. The predicted octanol–water partition coefficient (Wildman–Crippen LogP) is 0.918. The van der Waals surface area contributed by atoms with Crippen molar-refractivity contribution < 1.29 is 19.8 Å². The van der Waals surface area contributed by atoms with Crippen molar-refractivity contribution >= 4 is 11.9 Å². The van der Waals surface area contributed by atoms with Gasteiger partial charge < -0.3 is 20.8 Å². The molecule has 0 aromatic heterocycles. The van der Waals surface area contributed by atoms with Crippen LogP contribution >= 0.6 is 0 Å². The molecule has 0 aliphatic heterocycles. The molecule has 4 N–H and O–H groups in total. The number of nitrogens with one attached hydrogen (secondary N) is 2. The smallest absolute Gasteiger partial charge is 0.317 e. The van der Waals surface area contributed by atoms with Crippen LogP contribution in [0.3, 0.4) is 0 Å². The Kier molecular flexibility index (Phi) is 8.59. The summed E-state index contributed by atoms with van der Waals surface area (Å²) in [7, 11) is 0. The van der Waals surface area contributed by atoms with Crippen LogP contribution in [0.15, 0.2) is 0 Å². The van der Waals surface area contributed by atoms with Crippen molar-refractivity contribution in [3.63, 3.8) is 0 Å². The van der Waals surface area contributed by atoms with Gasteiger partial charge in [-0.05, 0) is 41.5 Å². The Morgan fingerprint density at radius 1 is 0.778 bits per heavy atom. The van der Waals surface area contributed by atoms with Crippen molar-refractivity contribution in [2.75, 3.05) is 13.1 Å². The van der Waals surface area contributed by atoms with Crippen molar-refractivity contribution in [2.45, 2.75) is 52.6 Å². The van der Waals surface area contributed by atoms with E-state index in [0.29, 0.717) is 0 Å². The molecule has 108 valence electrons. The van der Waals surface area contributed by atoms with Crippen LogP contribution in [-0.4, -0.2) is 46.3 Å². The third-order valence-electron chi connectivity index (χ3n) is 1.54. The number of carboxylic acids is 2. The van der Waals surface area contributed by atoms with Gasteiger partial charge in [0.25, 0.3) is 0 Å². The summed E-state index contributed by atoms with van der Waals surface area (Å²) in [4.78, 5) is 20.0. The highest BCUT2D eigenvalue weighted by molar-refractivity contribution is 5.69. The molecule has 6 heteroatoms. The van der Waals surface area contributed by atoms with Crippen molar-refractivity contribution in [3.05, 3.63) is 0 Å². The molecule has 0 aliphatic rings. The van der Waals surface area contributed by atoms with Gasteiger partial charge in [0.05, 0.1) is 13.1 Å². The second-order valence-corrected chi connectivity index (χ2v) is 5.99. The molecule has 0 atom stereocenters. The highest BCUT2D eigenvalue weighted by atomic mass is 16.4. The van der Waals surface area contributed by atoms with Crippen LogP contribution < -0.4 is 10.6 Å². The van der Waals surface area contributed by atoms with Crippen LogP contribution in [-0.2, 0) is 9.59 Å². The largest absolute Gasteiger partial charge is 0.480 e. The summed E-state index contributed by atoms with van der Waals surface area (Å²) in [5, 5.41) is 22.1. The van der Waals surface area contributed by atoms with E-state index >= 15 is 0 Å². The van der Waals surface area contributed by atoms with Gasteiger partial charge in [-0.25, -0.2) is 0 Å². The molecule has 0 rings (SSSR count). The third-order valence-corrected chi connectivity index (χ3v) is 1.54. The van der Waals surface area contributed by atoms with Gasteiger partial charge in [-0.3, -0.25) is 9.59 Å². The van der Waals surface area contributed by atoms with Gasteiger partial charge in [-0.15, -0.1) is 0 Å². The summed E-state index contributed by atoms with van der Waals surface area (Å²) in [5.74, 6) is -1.63. The van der Waals surface area contributed by atoms with E-state index in [1.165, 1.54) is 0 Å². The fourth-order valence-corrected chi connectivity index (χ4v) is 0.682. The molecular weight excluding hydrogens is 236 g/mol. The molecule has 0 heterocycles. The topological polar surface area (TPSA) is 98.7 Å². The van der Waals surface area contributed by atoms with E-state index in [0.717, 1.165) is 0 Å². The standard InChI is InChI=1S/2C6H13NO2/c2*1-6(2,3)7-4-5(8)9/h2*7H,4H2,1-3H3,(H,8,9). The van der Waals surface area contributed by atoms with Crippen LogP contribution in [0, 0.1) is 0 Å². The minimum Gasteiger partial charge on any atom is -0.480 e. The summed E-state index contributed by atoms with van der Waals surface area (Å²) in [6.45, 7) is 11.6. The Balaban J connectivity index is 0. The second kappa shape index (κ2) is 8.05. The van der Waals surface area contributed by atoms with E-state index in [1.807, 2.05) is 41.5 Å². The molecule has 0 bridgehead atoms. The summed E-state index contributed by atoms with van der Waals surface area (Å²) in [6.07, 6.45) is 0. The Labute approximate surface area is 109 Å². The monoisotopic (exact) mass is 262 g/mol. The van der Waals surface area contributed by atoms with E-state index in [4.69, 9.17) is 10.2 Å². The lowest BCUT2D eigenvalue weighted by Crippen LogP contribution is -2.39. The normalized spacial score (nSPS) is 11.4. The van der Waals surface area contributed by atoms with E-state index < -0.39 is 11.9 Å². The van der Waals surface area contributed by atoms with Gasteiger partial charge in [0.15, 0.2) is 0 Å². The first kappa shape index (κ1) is 19.2. The lowest BCUT2D eigenvalue weighted by Gasteiger charge is -2.18. The Morgan fingerprint density at radius 3 is 1.06 bits per heavy atom. The zero-order valence-electron chi connectivity index (χ0n) is 12.1. The third kappa shape index (κ3) is 24.2. The minimum absolute atomic E-state index is 0.0312. The summed E-state index contributed by atoms with van der Waals surface area (Å²) in [6, 6.07) is 0. The van der Waals surface area contributed by atoms with Crippen LogP contribution in [0.5, 0.6) is 0 Å². The van der Waals surface area contributed by atoms with E-state index in [9.17, 15) is 9.59 Å². The van der Waals surface area contributed by atoms with Crippen molar-refractivity contribution in [2.24, 2.45) is 0 Å². The first-order valence-electron chi connectivity index (χ1n) is 5.77. The van der Waals surface area contributed by atoms with Gasteiger partial charge in [0.2, 0.25) is 0 Å². The van der Waals surface area contributed by atoms with Crippen LogP contribution in [0.4, 0.5) is 0 Å². The molecule has 0 radical (unpaired) electrons. The number of hydrogen-bond donors (Lipinski definition) is 4. The molecule has 0 aromatic carbocycles. The van der Waals surface area contributed by atoms with Crippen molar-refractivity contribution in [1.29, 1.82) is 0 Å². The zero-order chi connectivity index (χ0) is 15.0. The number of carbonyl (C=O) groups is 2. The molecule has 0 aliphatic carbocycles. The lowest BCUT2D eigenvalue weighted by molar-refractivity contribution is -0.137. The van der Waals surface area contributed by atoms with Gasteiger partial charge in [0, 0.05) is 11.1 Å². The number of aliphatic carboxylic acids is 2. The summed E-state index contributed by atoms with van der Waals surface area (Å²) < 4.78 is 0. The average molecular weight is 262 g/mol. The maximum atomic E-state index is 9.98. The molecule has 0 saturated heterocycles. The highest BCUT2D eigenvalue weighted by Crippen LogP contribution is 1.96. The SMILES string of the molecule is CC(C)(C)NCC(=O)O.CC(C)(C)NCC(=O)O. The molecule has 0 aromatic rings. The van der Waals surface area contributed by atoms with Crippen molar-refractivity contribution in [1.82, 2.24) is 10.6 Å². The lowest BCUT2D eigenvalue weighted by atomic mass is 10.1. The molecule has 0 fully saturated rings. The predicted molar refractivity (Wildman–Crippen MR) is 70.8 cm³/mol. The first-order valence-corrected chi connectivity index (χ1v) is 5.77. The first-order chi connectivity index (χ1) is 7.83. The Morgan fingerprint density at radius 2 is 1.00 bits per heavy atom. The quantitative estimate of drug-likeness (QED) is 0.601. The molecule has 0 unspecified atom stereocenters. The number of carboxylic acid groups (broad SMARTS) is 2. The maximum Gasteiger partial charge on any atom is 0.317 e. The summed E-state index contributed by atoms with van der Waals surface area (Å²) >= 11 is 0. The highest BCUT2D eigenvalue weighted by Gasteiger charge is 2.10. The summed E-state index contributed by atoms with van der Waals surface area (Å²) in [5.41, 5.74) is -0.198. The van der Waals surface area contributed by atoms with Crippen LogP contribution in [0.1, 0.15) is 41.5 Å². The van der Waals surface area contributed by atoms with E-state index in [-0.39, 0.29) is 24.2 Å². The molecule has 18 heavy (non-hydrogen) atoms. The van der Waals surface area contributed by atoms with Gasteiger partial charge in [0.1, 0.15) is 0 Å². The number of rotatable bonds is 4. The van der Waals surface area contributed by atoms with Gasteiger partial charge >= 0.3 is 11.9 Å². The van der Waals surface area contributed by atoms with Crippen molar-refractivity contribution in [3.8, 4) is 0 Å². The Hall–Kier alpha value is -1.14. The van der Waals surface area contributed by atoms with E-state index in [1.54, 1.807) is 0 Å². The maximum absolute atomic E-state index is 9.98. The molecule has 6 nitrogen and oxygen atoms in total. The van der Waals surface area contributed by atoms with Gasteiger partial charge in [-0.2, -0.15) is 0 Å². The minimum atomic E-state index is -0.815. The van der Waals surface area contributed by atoms with Crippen LogP contribution in [0.25, 0.3) is 0 Å². The Bertz CT molecular complexity index is 236. The second-order valence-electron chi connectivity index (χ2n) is 5.99. The molecular formula is C12H26N2O4. The van der Waals surface area contributed by atoms with Crippen LogP contribution in [0.2, 0.25) is 0 Å². The number of hydrogen-bond acceptors (Lipinski definition) is 4. The molecule has 0 amide bonds. The molecule has 0 saturated carbocycles. The average Bonchev–Trinajstić information content (AvgIpc) is 2.10. The molecule has 0 spiro atoms. The van der Waals surface area contributed by atoms with E-state index in [2.05, 4.69) is 10.6 Å². The van der Waals surface area contributed by atoms with Gasteiger partial charge in [-0.1, -0.05) is 0 Å².